The fourth-order valence-corrected chi connectivity index (χ4v) is 2.54. The van der Waals surface area contributed by atoms with E-state index in [1.807, 2.05) is 0 Å². The molecule has 0 radical (unpaired) electrons. The molecule has 0 aliphatic rings. The molecule has 1 aromatic heterocycles. The minimum atomic E-state index is -0.467. The zero-order valence-electron chi connectivity index (χ0n) is 9.94. The summed E-state index contributed by atoms with van der Waals surface area (Å²) in [6.45, 7) is 0.527. The van der Waals surface area contributed by atoms with Gasteiger partial charge in [-0.1, -0.05) is 23.2 Å². The van der Waals surface area contributed by atoms with E-state index in [-0.39, 0.29) is 0 Å². The zero-order chi connectivity index (χ0) is 13.8. The zero-order valence-corrected chi connectivity index (χ0v) is 12.3. The molecule has 0 unspecified atom stereocenters. The number of nitrogens with one attached hydrogen (secondary N) is 1. The van der Waals surface area contributed by atoms with Gasteiger partial charge in [-0.2, -0.15) is 0 Å². The molecule has 0 fully saturated rings. The third-order valence-electron chi connectivity index (χ3n) is 2.34. The molecule has 0 amide bonds. The predicted molar refractivity (Wildman–Crippen MR) is 77.2 cm³/mol. The number of halogens is 2. The van der Waals surface area contributed by atoms with E-state index in [0.29, 0.717) is 21.5 Å². The number of aromatic nitrogens is 1. The molecule has 0 aliphatic carbocycles. The summed E-state index contributed by atoms with van der Waals surface area (Å²) in [6, 6.07) is 5.07. The van der Waals surface area contributed by atoms with Gasteiger partial charge in [0.25, 0.3) is 0 Å². The maximum Gasteiger partial charge on any atom is 0.339 e. The normalized spacial score (nSPS) is 10.3. The van der Waals surface area contributed by atoms with Crippen molar-refractivity contribution in [3.63, 3.8) is 0 Å². The molecule has 0 saturated heterocycles. The van der Waals surface area contributed by atoms with Crippen LogP contribution in [0.15, 0.2) is 24.4 Å². The number of benzene rings is 1. The largest absolute Gasteiger partial charge is 0.465 e. The second kappa shape index (κ2) is 6.23. The van der Waals surface area contributed by atoms with Gasteiger partial charge in [-0.05, 0) is 18.2 Å². The number of esters is 1. The minimum Gasteiger partial charge on any atom is -0.465 e. The topological polar surface area (TPSA) is 51.2 Å². The summed E-state index contributed by atoms with van der Waals surface area (Å²) in [7, 11) is 1.32. The van der Waals surface area contributed by atoms with Gasteiger partial charge < -0.3 is 10.1 Å². The van der Waals surface area contributed by atoms with Crippen LogP contribution in [0.2, 0.25) is 9.36 Å². The van der Waals surface area contributed by atoms with Crippen LogP contribution in [0, 0.1) is 0 Å². The van der Waals surface area contributed by atoms with Crippen LogP contribution in [0.25, 0.3) is 0 Å². The van der Waals surface area contributed by atoms with E-state index in [9.17, 15) is 4.79 Å². The summed E-state index contributed by atoms with van der Waals surface area (Å²) < 4.78 is 5.30. The molecule has 100 valence electrons. The van der Waals surface area contributed by atoms with Crippen LogP contribution in [0.5, 0.6) is 0 Å². The van der Waals surface area contributed by atoms with Gasteiger partial charge in [0.2, 0.25) is 0 Å². The average molecular weight is 317 g/mol. The van der Waals surface area contributed by atoms with Gasteiger partial charge in [0.15, 0.2) is 0 Å². The first kappa shape index (κ1) is 14.1. The summed E-state index contributed by atoms with van der Waals surface area (Å²) >= 11 is 13.1. The van der Waals surface area contributed by atoms with Gasteiger partial charge in [0.05, 0.1) is 30.4 Å². The van der Waals surface area contributed by atoms with E-state index in [4.69, 9.17) is 23.2 Å². The van der Waals surface area contributed by atoms with Crippen molar-refractivity contribution in [3.8, 4) is 0 Å². The summed E-state index contributed by atoms with van der Waals surface area (Å²) in [5, 5.41) is 4.36. The van der Waals surface area contributed by atoms with Gasteiger partial charge in [-0.3, -0.25) is 0 Å². The van der Waals surface area contributed by atoms with Crippen molar-refractivity contribution in [3.05, 3.63) is 44.3 Å². The van der Waals surface area contributed by atoms with Crippen molar-refractivity contribution in [2.45, 2.75) is 6.54 Å². The molecule has 1 heterocycles. The van der Waals surface area contributed by atoms with Crippen LogP contribution in [0.1, 0.15) is 15.4 Å². The monoisotopic (exact) mass is 316 g/mol. The van der Waals surface area contributed by atoms with Crippen molar-refractivity contribution in [2.24, 2.45) is 0 Å². The average Bonchev–Trinajstić information content (AvgIpc) is 2.83. The SMILES string of the molecule is COC(=O)c1cc(NCc2ncc(Cl)s2)ccc1Cl. The number of carbonyl (C=O) groups excluding carboxylic acids is 1. The number of hydrogen-bond donors (Lipinski definition) is 1. The summed E-state index contributed by atoms with van der Waals surface area (Å²) in [5.74, 6) is -0.467. The Balaban J connectivity index is 2.10. The lowest BCUT2D eigenvalue weighted by Gasteiger charge is -2.07. The molecule has 2 rings (SSSR count). The van der Waals surface area contributed by atoms with Crippen LogP contribution in [0.4, 0.5) is 5.69 Å². The van der Waals surface area contributed by atoms with Crippen molar-refractivity contribution in [2.75, 3.05) is 12.4 Å². The first-order valence-electron chi connectivity index (χ1n) is 5.32. The summed E-state index contributed by atoms with van der Waals surface area (Å²) in [5.41, 5.74) is 1.09. The molecule has 2 aromatic rings. The van der Waals surface area contributed by atoms with Crippen LogP contribution >= 0.6 is 34.5 Å². The lowest BCUT2D eigenvalue weighted by atomic mass is 10.2. The van der Waals surface area contributed by atoms with Gasteiger partial charge in [-0.15, -0.1) is 11.3 Å². The maximum atomic E-state index is 11.5. The van der Waals surface area contributed by atoms with E-state index in [2.05, 4.69) is 15.0 Å². The number of nitrogens with zero attached hydrogens (tertiary/aromatic N) is 1. The Hall–Kier alpha value is -1.30. The number of methoxy groups -OCH3 is 1. The highest BCUT2D eigenvalue weighted by Gasteiger charge is 2.11. The molecule has 0 spiro atoms. The number of rotatable bonds is 4. The van der Waals surface area contributed by atoms with Crippen LogP contribution < -0.4 is 5.32 Å². The molecule has 7 heteroatoms. The van der Waals surface area contributed by atoms with E-state index >= 15 is 0 Å². The molecule has 0 aliphatic heterocycles. The molecule has 0 atom stereocenters. The molecule has 19 heavy (non-hydrogen) atoms. The van der Waals surface area contributed by atoms with Crippen LogP contribution in [-0.4, -0.2) is 18.1 Å². The standard InChI is InChI=1S/C12H10Cl2N2O2S/c1-18-12(17)8-4-7(2-3-9(8)13)15-6-11-16-5-10(14)19-11/h2-5,15H,6H2,1H3. The van der Waals surface area contributed by atoms with E-state index < -0.39 is 5.97 Å². The first-order valence-corrected chi connectivity index (χ1v) is 6.89. The molecule has 4 nitrogen and oxygen atoms in total. The Morgan fingerprint density at radius 1 is 1.47 bits per heavy atom. The van der Waals surface area contributed by atoms with E-state index in [0.717, 1.165) is 10.7 Å². The fraction of sp³-hybridized carbons (Fsp3) is 0.167. The molecule has 0 saturated carbocycles. The lowest BCUT2D eigenvalue weighted by Crippen LogP contribution is -2.04. The molecule has 0 bridgehead atoms. The minimum absolute atomic E-state index is 0.325. The third-order valence-corrected chi connectivity index (χ3v) is 3.79. The van der Waals surface area contributed by atoms with Gasteiger partial charge >= 0.3 is 5.97 Å². The predicted octanol–water partition coefficient (Wildman–Crippen LogP) is 3.85. The van der Waals surface area contributed by atoms with Crippen molar-refractivity contribution >= 4 is 46.2 Å². The van der Waals surface area contributed by atoms with Gasteiger partial charge in [-0.25, -0.2) is 9.78 Å². The molecule has 1 aromatic carbocycles. The number of carbonyl (C=O) groups is 1. The van der Waals surface area contributed by atoms with E-state index in [1.54, 1.807) is 24.4 Å². The number of thiazole rings is 1. The number of hydrogen-bond acceptors (Lipinski definition) is 5. The quantitative estimate of drug-likeness (QED) is 0.870. The Labute approximate surface area is 124 Å². The Bertz CT molecular complexity index is 601. The second-order valence-corrected chi connectivity index (χ2v) is 5.75. The van der Waals surface area contributed by atoms with Crippen molar-refractivity contribution in [1.29, 1.82) is 0 Å². The Morgan fingerprint density at radius 3 is 2.89 bits per heavy atom. The second-order valence-electron chi connectivity index (χ2n) is 3.60. The number of ether oxygens (including phenoxy) is 1. The Morgan fingerprint density at radius 2 is 2.26 bits per heavy atom. The van der Waals surface area contributed by atoms with Gasteiger partial charge in [0.1, 0.15) is 9.34 Å². The highest BCUT2D eigenvalue weighted by molar-refractivity contribution is 7.15. The lowest BCUT2D eigenvalue weighted by molar-refractivity contribution is 0.0601. The Kier molecular flexibility index (Phi) is 4.63. The smallest absolute Gasteiger partial charge is 0.339 e. The van der Waals surface area contributed by atoms with E-state index in [1.165, 1.54) is 18.4 Å². The van der Waals surface area contributed by atoms with Crippen molar-refractivity contribution < 1.29 is 9.53 Å². The highest BCUT2D eigenvalue weighted by atomic mass is 35.5. The number of anilines is 1. The highest BCUT2D eigenvalue weighted by Crippen LogP contribution is 2.23. The molecular weight excluding hydrogens is 307 g/mol. The van der Waals surface area contributed by atoms with Crippen LogP contribution in [0.3, 0.4) is 0 Å². The fourth-order valence-electron chi connectivity index (χ4n) is 1.45. The third kappa shape index (κ3) is 3.59. The molecular formula is C12H10Cl2N2O2S. The summed E-state index contributed by atoms with van der Waals surface area (Å²) in [6.07, 6.45) is 1.60. The van der Waals surface area contributed by atoms with Gasteiger partial charge in [0, 0.05) is 5.69 Å². The molecule has 1 N–H and O–H groups in total. The van der Waals surface area contributed by atoms with Crippen molar-refractivity contribution in [1.82, 2.24) is 4.98 Å². The maximum absolute atomic E-state index is 11.5. The summed E-state index contributed by atoms with van der Waals surface area (Å²) in [4.78, 5) is 15.6. The first-order chi connectivity index (χ1) is 9.10. The van der Waals surface area contributed by atoms with Crippen LogP contribution in [-0.2, 0) is 11.3 Å².